The Kier molecular flexibility index (Phi) is 6.26. The first-order chi connectivity index (χ1) is 15.6. The Labute approximate surface area is 193 Å². The molecule has 2 fully saturated rings. The fourth-order valence-corrected chi connectivity index (χ4v) is 4.55. The fourth-order valence-electron chi connectivity index (χ4n) is 4.55. The summed E-state index contributed by atoms with van der Waals surface area (Å²) in [5.74, 6) is 0.511. The third-order valence-corrected chi connectivity index (χ3v) is 6.40. The average Bonchev–Trinajstić information content (AvgIpc) is 3.14. The molecule has 33 heavy (non-hydrogen) atoms. The van der Waals surface area contributed by atoms with Crippen LogP contribution in [0.1, 0.15) is 83.4 Å². The molecule has 1 aliphatic carbocycles. The summed E-state index contributed by atoms with van der Waals surface area (Å²) < 4.78 is 3.34. The summed E-state index contributed by atoms with van der Waals surface area (Å²) in [4.78, 5) is 32.7. The Morgan fingerprint density at radius 1 is 1.30 bits per heavy atom. The molecule has 2 aromatic rings. The van der Waals surface area contributed by atoms with Crippen LogP contribution in [-0.2, 0) is 16.1 Å². The number of aliphatic hydroxyl groups is 1. The highest BCUT2D eigenvalue weighted by Gasteiger charge is 2.45. The van der Waals surface area contributed by atoms with Crippen LogP contribution >= 0.6 is 0 Å². The van der Waals surface area contributed by atoms with Gasteiger partial charge >= 0.3 is 0 Å². The van der Waals surface area contributed by atoms with Gasteiger partial charge in [-0.05, 0) is 32.1 Å². The van der Waals surface area contributed by atoms with Crippen LogP contribution in [0.15, 0.2) is 12.5 Å². The number of nitrogens with one attached hydrogen (secondary N) is 1. The second-order valence-corrected chi connectivity index (χ2v) is 10.2. The van der Waals surface area contributed by atoms with Gasteiger partial charge < -0.3 is 15.3 Å². The lowest BCUT2D eigenvalue weighted by Gasteiger charge is -2.34. The molecule has 2 aromatic heterocycles. The highest BCUT2D eigenvalue weighted by atomic mass is 16.3. The molecule has 0 radical (unpaired) electrons. The Hall–Kier alpha value is -2.82. The van der Waals surface area contributed by atoms with Crippen LogP contribution in [0.25, 0.3) is 0 Å². The Bertz CT molecular complexity index is 1010. The maximum Gasteiger partial charge on any atom is 0.248 e. The summed E-state index contributed by atoms with van der Waals surface area (Å²) >= 11 is 0. The summed E-state index contributed by atoms with van der Waals surface area (Å²) in [6, 6.07) is -1.80. The summed E-state index contributed by atoms with van der Waals surface area (Å²) in [6.07, 6.45) is 4.92. The van der Waals surface area contributed by atoms with Crippen molar-refractivity contribution in [3.63, 3.8) is 0 Å². The highest BCUT2D eigenvalue weighted by molar-refractivity contribution is 5.90. The Balaban J connectivity index is 1.54. The second-order valence-electron chi connectivity index (χ2n) is 10.2. The van der Waals surface area contributed by atoms with Crippen LogP contribution in [0.4, 0.5) is 0 Å². The number of rotatable bonds is 7. The van der Waals surface area contributed by atoms with Crippen molar-refractivity contribution in [3.8, 4) is 0 Å². The van der Waals surface area contributed by atoms with Gasteiger partial charge in [0.15, 0.2) is 0 Å². The van der Waals surface area contributed by atoms with E-state index in [9.17, 15) is 14.7 Å². The van der Waals surface area contributed by atoms with Crippen molar-refractivity contribution in [3.05, 3.63) is 24.0 Å². The van der Waals surface area contributed by atoms with Crippen LogP contribution in [0.5, 0.6) is 0 Å². The van der Waals surface area contributed by atoms with Gasteiger partial charge in [-0.1, -0.05) is 26.0 Å². The molecule has 11 heteroatoms. The fraction of sp³-hybridized carbons (Fsp3) is 0.727. The number of amides is 2. The van der Waals surface area contributed by atoms with Crippen molar-refractivity contribution in [1.29, 1.82) is 0 Å². The van der Waals surface area contributed by atoms with Gasteiger partial charge in [0.05, 0.1) is 17.8 Å². The number of likely N-dealkylation sites (tertiary alicyclic amines) is 1. The summed E-state index contributed by atoms with van der Waals surface area (Å²) in [5, 5.41) is 26.0. The zero-order valence-corrected chi connectivity index (χ0v) is 20.0. The van der Waals surface area contributed by atoms with Crippen molar-refractivity contribution in [2.75, 3.05) is 6.54 Å². The maximum atomic E-state index is 13.8. The van der Waals surface area contributed by atoms with Gasteiger partial charge in [0.25, 0.3) is 0 Å². The van der Waals surface area contributed by atoms with Crippen molar-refractivity contribution < 1.29 is 14.7 Å². The highest BCUT2D eigenvalue weighted by Crippen LogP contribution is 2.40. The molecule has 1 saturated heterocycles. The van der Waals surface area contributed by atoms with Gasteiger partial charge in [-0.15, -0.1) is 5.10 Å². The van der Waals surface area contributed by atoms with Crippen LogP contribution < -0.4 is 5.32 Å². The number of carbonyl (C=O) groups is 2. The SMILES string of the molecule is CCn1ncnc1C(C)NC(=O)C1CC(O)CN1C(=O)[C@@H](n1cc(C2CC2)nn1)C(C)(C)C. The first-order valence-corrected chi connectivity index (χ1v) is 11.7. The number of nitrogens with zero attached hydrogens (tertiary/aromatic N) is 7. The van der Waals surface area contributed by atoms with Gasteiger partial charge in [0.1, 0.15) is 24.2 Å². The van der Waals surface area contributed by atoms with Crippen LogP contribution in [-0.4, -0.2) is 70.3 Å². The van der Waals surface area contributed by atoms with Crippen LogP contribution in [0.3, 0.4) is 0 Å². The number of aryl methyl sites for hydroxylation is 1. The molecule has 2 amide bonds. The third kappa shape index (κ3) is 4.78. The van der Waals surface area contributed by atoms with Gasteiger partial charge in [-0.2, -0.15) is 5.10 Å². The molecule has 3 heterocycles. The lowest BCUT2D eigenvalue weighted by Crippen LogP contribution is -2.50. The van der Waals surface area contributed by atoms with E-state index in [0.29, 0.717) is 18.3 Å². The molecular weight excluding hydrogens is 424 g/mol. The molecule has 3 unspecified atom stereocenters. The molecular formula is C22H34N8O3. The molecule has 2 N–H and O–H groups in total. The zero-order chi connectivity index (χ0) is 23.9. The molecule has 4 atom stereocenters. The Morgan fingerprint density at radius 2 is 2.03 bits per heavy atom. The molecule has 2 aliphatic rings. The average molecular weight is 459 g/mol. The van der Waals surface area contributed by atoms with E-state index in [-0.39, 0.29) is 30.8 Å². The van der Waals surface area contributed by atoms with Crippen LogP contribution in [0.2, 0.25) is 0 Å². The van der Waals surface area contributed by atoms with Crippen molar-refractivity contribution >= 4 is 11.8 Å². The van der Waals surface area contributed by atoms with E-state index < -0.39 is 23.6 Å². The standard InChI is InChI=1S/C22H34N8O3/c1-6-29-19(23-12-24-29)13(2)25-20(32)17-9-15(31)10-28(17)21(33)18(22(3,4)5)30-11-16(26-27-30)14-7-8-14/h11-15,17-18,31H,6-10H2,1-5H3,(H,25,32)/t13?,15?,17?,18-/m1/s1. The van der Waals surface area contributed by atoms with E-state index in [1.165, 1.54) is 11.2 Å². The number of aliphatic hydroxyl groups excluding tert-OH is 1. The molecule has 0 spiro atoms. The number of hydrogen-bond acceptors (Lipinski definition) is 7. The number of aromatic nitrogens is 6. The minimum absolute atomic E-state index is 0.104. The number of carbonyl (C=O) groups excluding carboxylic acids is 2. The van der Waals surface area contributed by atoms with Gasteiger partial charge in [0, 0.05) is 31.6 Å². The smallest absolute Gasteiger partial charge is 0.248 e. The lowest BCUT2D eigenvalue weighted by atomic mass is 9.85. The molecule has 0 bridgehead atoms. The minimum Gasteiger partial charge on any atom is -0.391 e. The minimum atomic E-state index is -0.774. The predicted octanol–water partition coefficient (Wildman–Crippen LogP) is 1.19. The quantitative estimate of drug-likeness (QED) is 0.637. The third-order valence-electron chi connectivity index (χ3n) is 6.40. The first-order valence-electron chi connectivity index (χ1n) is 11.7. The molecule has 1 saturated carbocycles. The van der Waals surface area contributed by atoms with E-state index in [2.05, 4.69) is 25.7 Å². The number of β-amino-alcohol motifs (C(OH)–C–C–N with tert-alkyl or cyclic N) is 1. The maximum absolute atomic E-state index is 13.8. The first kappa shape index (κ1) is 23.3. The topological polar surface area (TPSA) is 131 Å². The molecule has 4 rings (SSSR count). The molecule has 1 aliphatic heterocycles. The molecule has 0 aromatic carbocycles. The van der Waals surface area contributed by atoms with Crippen LogP contribution in [0, 0.1) is 5.41 Å². The predicted molar refractivity (Wildman–Crippen MR) is 119 cm³/mol. The summed E-state index contributed by atoms with van der Waals surface area (Å²) in [7, 11) is 0. The summed E-state index contributed by atoms with van der Waals surface area (Å²) in [5.41, 5.74) is 0.437. The largest absolute Gasteiger partial charge is 0.391 e. The normalized spacial score (nSPS) is 22.9. The van der Waals surface area contributed by atoms with Crippen molar-refractivity contribution in [2.24, 2.45) is 5.41 Å². The van der Waals surface area contributed by atoms with E-state index in [1.807, 2.05) is 40.8 Å². The van der Waals surface area contributed by atoms with Crippen molar-refractivity contribution in [1.82, 2.24) is 40.0 Å². The number of hydrogen-bond donors (Lipinski definition) is 2. The van der Waals surface area contributed by atoms with E-state index in [1.54, 1.807) is 9.36 Å². The Morgan fingerprint density at radius 3 is 2.67 bits per heavy atom. The van der Waals surface area contributed by atoms with Gasteiger partial charge in [-0.3, -0.25) is 9.59 Å². The van der Waals surface area contributed by atoms with E-state index >= 15 is 0 Å². The van der Waals surface area contributed by atoms with Crippen molar-refractivity contribution in [2.45, 2.75) is 90.6 Å². The monoisotopic (exact) mass is 458 g/mol. The second kappa shape index (κ2) is 8.85. The van der Waals surface area contributed by atoms with E-state index in [4.69, 9.17) is 0 Å². The zero-order valence-electron chi connectivity index (χ0n) is 20.0. The van der Waals surface area contributed by atoms with Gasteiger partial charge in [-0.25, -0.2) is 14.3 Å². The lowest BCUT2D eigenvalue weighted by molar-refractivity contribution is -0.144. The van der Waals surface area contributed by atoms with Gasteiger partial charge in [0.2, 0.25) is 11.8 Å². The molecule has 180 valence electrons. The van der Waals surface area contributed by atoms with E-state index in [0.717, 1.165) is 18.5 Å². The molecule has 11 nitrogen and oxygen atoms in total. The summed E-state index contributed by atoms with van der Waals surface area (Å²) in [6.45, 7) is 10.4.